The monoisotopic (exact) mass is 356 g/mol. The number of nitro benzene ring substituents is 1. The lowest BCUT2D eigenvalue weighted by atomic mass is 10.1. The zero-order valence-electron chi connectivity index (χ0n) is 13.7. The van der Waals surface area contributed by atoms with E-state index in [0.29, 0.717) is 11.3 Å². The second-order valence-electron chi connectivity index (χ2n) is 5.30. The normalized spacial score (nSPS) is 10.0. The molecule has 2 aromatic carbocycles. The average Bonchev–Trinajstić information content (AvgIpc) is 2.65. The van der Waals surface area contributed by atoms with Gasteiger partial charge in [-0.2, -0.15) is 0 Å². The number of carbonyl (C=O) groups is 3. The van der Waals surface area contributed by atoms with Gasteiger partial charge in [0.05, 0.1) is 11.3 Å². The number of rotatable bonds is 8. The molecular formula is C18H16N2O6. The predicted molar refractivity (Wildman–Crippen MR) is 92.7 cm³/mol. The summed E-state index contributed by atoms with van der Waals surface area (Å²) in [5.41, 5.74) is 0.754. The van der Waals surface area contributed by atoms with Crippen molar-refractivity contribution >= 4 is 29.0 Å². The average molecular weight is 356 g/mol. The van der Waals surface area contributed by atoms with Crippen LogP contribution in [0.4, 0.5) is 11.4 Å². The highest BCUT2D eigenvalue weighted by molar-refractivity contribution is 5.97. The summed E-state index contributed by atoms with van der Waals surface area (Å²) >= 11 is 0. The second-order valence-corrected chi connectivity index (χ2v) is 5.30. The van der Waals surface area contributed by atoms with Crippen molar-refractivity contribution < 1.29 is 24.0 Å². The van der Waals surface area contributed by atoms with Crippen molar-refractivity contribution in [2.45, 2.75) is 12.8 Å². The zero-order chi connectivity index (χ0) is 18.9. The summed E-state index contributed by atoms with van der Waals surface area (Å²) in [4.78, 5) is 45.2. The van der Waals surface area contributed by atoms with Gasteiger partial charge in [0, 0.05) is 29.8 Å². The molecule has 134 valence electrons. The van der Waals surface area contributed by atoms with Crippen LogP contribution in [-0.2, 0) is 14.3 Å². The Balaban J connectivity index is 1.72. The highest BCUT2D eigenvalue weighted by Crippen LogP contribution is 2.15. The Morgan fingerprint density at radius 1 is 0.962 bits per heavy atom. The van der Waals surface area contributed by atoms with Crippen LogP contribution in [0, 0.1) is 10.1 Å². The molecule has 0 aliphatic rings. The van der Waals surface area contributed by atoms with Crippen LogP contribution in [0.1, 0.15) is 23.2 Å². The highest BCUT2D eigenvalue weighted by atomic mass is 16.6. The number of carbonyl (C=O) groups excluding carboxylic acids is 3. The number of nitro groups is 1. The van der Waals surface area contributed by atoms with Crippen molar-refractivity contribution in [3.8, 4) is 0 Å². The number of nitrogens with one attached hydrogen (secondary N) is 1. The molecule has 0 saturated carbocycles. The fraction of sp³-hybridized carbons (Fsp3) is 0.167. The first kappa shape index (κ1) is 18.8. The number of Topliss-reactive ketones (excluding diaryl/α,β-unsaturated/α-hetero) is 1. The zero-order valence-corrected chi connectivity index (χ0v) is 13.7. The molecular weight excluding hydrogens is 340 g/mol. The van der Waals surface area contributed by atoms with Crippen molar-refractivity contribution in [2.75, 3.05) is 11.9 Å². The number of amides is 1. The molecule has 1 amide bonds. The van der Waals surface area contributed by atoms with E-state index in [-0.39, 0.29) is 24.3 Å². The molecule has 0 aliphatic heterocycles. The number of esters is 1. The van der Waals surface area contributed by atoms with Crippen LogP contribution in [0.2, 0.25) is 0 Å². The molecule has 0 heterocycles. The summed E-state index contributed by atoms with van der Waals surface area (Å²) in [6, 6.07) is 13.8. The Hall–Kier alpha value is -3.55. The smallest absolute Gasteiger partial charge is 0.306 e. The number of ether oxygens (including phenoxy) is 1. The Morgan fingerprint density at radius 2 is 1.62 bits per heavy atom. The van der Waals surface area contributed by atoms with E-state index in [1.165, 1.54) is 24.3 Å². The summed E-state index contributed by atoms with van der Waals surface area (Å²) < 4.78 is 4.81. The third-order valence-electron chi connectivity index (χ3n) is 3.38. The van der Waals surface area contributed by atoms with Crippen molar-refractivity contribution in [2.24, 2.45) is 0 Å². The number of hydrogen-bond acceptors (Lipinski definition) is 6. The predicted octanol–water partition coefficient (Wildman–Crippen LogP) is 2.74. The molecule has 0 spiro atoms. The van der Waals surface area contributed by atoms with E-state index in [2.05, 4.69) is 5.32 Å². The minimum absolute atomic E-state index is 0.00712. The lowest BCUT2D eigenvalue weighted by Crippen LogP contribution is -2.21. The molecule has 8 heteroatoms. The van der Waals surface area contributed by atoms with E-state index in [4.69, 9.17) is 4.74 Å². The quantitative estimate of drug-likeness (QED) is 0.336. The van der Waals surface area contributed by atoms with Crippen LogP contribution < -0.4 is 5.32 Å². The van der Waals surface area contributed by atoms with Crippen LogP contribution >= 0.6 is 0 Å². The van der Waals surface area contributed by atoms with Crippen LogP contribution in [0.15, 0.2) is 54.6 Å². The summed E-state index contributed by atoms with van der Waals surface area (Å²) in [6.45, 7) is -0.505. The lowest BCUT2D eigenvalue weighted by Gasteiger charge is -2.06. The fourth-order valence-electron chi connectivity index (χ4n) is 2.07. The Morgan fingerprint density at radius 3 is 2.23 bits per heavy atom. The van der Waals surface area contributed by atoms with Gasteiger partial charge in [0.1, 0.15) is 0 Å². The summed E-state index contributed by atoms with van der Waals surface area (Å²) in [5.74, 6) is -1.42. The number of hydrogen-bond donors (Lipinski definition) is 1. The number of ketones is 1. The standard InChI is InChI=1S/C18H16N2O6/c21-16(13-4-2-1-3-5-13)10-11-18(23)26-12-17(22)19-14-6-8-15(9-7-14)20(24)25/h1-9H,10-12H2,(H,19,22). The van der Waals surface area contributed by atoms with Gasteiger partial charge in [-0.1, -0.05) is 30.3 Å². The van der Waals surface area contributed by atoms with Crippen molar-refractivity contribution in [3.05, 3.63) is 70.3 Å². The number of benzene rings is 2. The molecule has 26 heavy (non-hydrogen) atoms. The number of non-ortho nitro benzene ring substituents is 1. The first-order valence-corrected chi connectivity index (χ1v) is 7.74. The minimum Gasteiger partial charge on any atom is -0.456 e. The van der Waals surface area contributed by atoms with E-state index in [1.54, 1.807) is 30.3 Å². The molecule has 0 atom stereocenters. The maximum atomic E-state index is 11.9. The maximum Gasteiger partial charge on any atom is 0.306 e. The van der Waals surface area contributed by atoms with Gasteiger partial charge < -0.3 is 10.1 Å². The molecule has 0 saturated heterocycles. The largest absolute Gasteiger partial charge is 0.456 e. The second kappa shape index (κ2) is 9.07. The molecule has 2 aromatic rings. The lowest BCUT2D eigenvalue weighted by molar-refractivity contribution is -0.384. The number of anilines is 1. The number of nitrogens with zero attached hydrogens (tertiary/aromatic N) is 1. The van der Waals surface area contributed by atoms with E-state index < -0.39 is 23.4 Å². The van der Waals surface area contributed by atoms with E-state index in [0.717, 1.165) is 0 Å². The van der Waals surface area contributed by atoms with Crippen LogP contribution in [0.5, 0.6) is 0 Å². The van der Waals surface area contributed by atoms with Crippen LogP contribution in [-0.4, -0.2) is 29.2 Å². The first-order chi connectivity index (χ1) is 12.5. The van der Waals surface area contributed by atoms with Gasteiger partial charge in [-0.15, -0.1) is 0 Å². The maximum absolute atomic E-state index is 11.9. The van der Waals surface area contributed by atoms with Crippen molar-refractivity contribution in [1.29, 1.82) is 0 Å². The highest BCUT2D eigenvalue weighted by Gasteiger charge is 2.12. The SMILES string of the molecule is O=C(COC(=O)CCC(=O)c1ccccc1)Nc1ccc([N+](=O)[O-])cc1. The molecule has 0 radical (unpaired) electrons. The molecule has 0 unspecified atom stereocenters. The molecule has 0 bridgehead atoms. The van der Waals surface area contributed by atoms with Gasteiger partial charge in [0.25, 0.3) is 11.6 Å². The van der Waals surface area contributed by atoms with Crippen molar-refractivity contribution in [3.63, 3.8) is 0 Å². The fourth-order valence-corrected chi connectivity index (χ4v) is 2.07. The first-order valence-electron chi connectivity index (χ1n) is 7.74. The van der Waals surface area contributed by atoms with Gasteiger partial charge in [-0.05, 0) is 12.1 Å². The van der Waals surface area contributed by atoms with Gasteiger partial charge in [-0.3, -0.25) is 24.5 Å². The summed E-state index contributed by atoms with van der Waals surface area (Å²) in [7, 11) is 0. The van der Waals surface area contributed by atoms with Crippen LogP contribution in [0.25, 0.3) is 0 Å². The summed E-state index contributed by atoms with van der Waals surface area (Å²) in [6.07, 6.45) is -0.134. The third kappa shape index (κ3) is 5.82. The third-order valence-corrected chi connectivity index (χ3v) is 3.38. The topological polar surface area (TPSA) is 116 Å². The molecule has 2 rings (SSSR count). The van der Waals surface area contributed by atoms with E-state index in [9.17, 15) is 24.5 Å². The van der Waals surface area contributed by atoms with Crippen LogP contribution in [0.3, 0.4) is 0 Å². The summed E-state index contributed by atoms with van der Waals surface area (Å²) in [5, 5.41) is 13.0. The Labute approximate surface area is 148 Å². The van der Waals surface area contributed by atoms with Gasteiger partial charge in [0.15, 0.2) is 12.4 Å². The Kier molecular flexibility index (Phi) is 6.55. The molecule has 0 aromatic heterocycles. The molecule has 8 nitrogen and oxygen atoms in total. The van der Waals surface area contributed by atoms with E-state index in [1.807, 2.05) is 0 Å². The van der Waals surface area contributed by atoms with Gasteiger partial charge >= 0.3 is 5.97 Å². The van der Waals surface area contributed by atoms with Gasteiger partial charge in [-0.25, -0.2) is 0 Å². The molecule has 0 aliphatic carbocycles. The molecule has 0 fully saturated rings. The van der Waals surface area contributed by atoms with E-state index >= 15 is 0 Å². The Bertz CT molecular complexity index is 802. The van der Waals surface area contributed by atoms with Gasteiger partial charge in [0.2, 0.25) is 0 Å². The molecule has 1 N–H and O–H groups in total. The minimum atomic E-state index is -0.659. The van der Waals surface area contributed by atoms with Crippen molar-refractivity contribution in [1.82, 2.24) is 0 Å².